The molecular weight excluding hydrogens is 214 g/mol. The molecule has 0 fully saturated rings. The molecule has 3 heterocycles. The van der Waals surface area contributed by atoms with Crippen molar-refractivity contribution in [2.24, 2.45) is 0 Å². The molecule has 0 amide bonds. The Hall–Kier alpha value is -2.36. The molecule has 0 saturated heterocycles. The van der Waals surface area contributed by atoms with Crippen molar-refractivity contribution in [2.75, 3.05) is 0 Å². The molecule has 1 N–H and O–H groups in total. The van der Waals surface area contributed by atoms with Crippen LogP contribution in [0, 0.1) is 6.92 Å². The minimum absolute atomic E-state index is 0.163. The number of rotatable bonds is 1. The molecule has 4 nitrogen and oxygen atoms in total. The minimum atomic E-state index is 0.163. The standard InChI is InChI=1S/C13H11N3O/c1-9-8-16-12(3-2-4-13(16)15-9)10-5-11(17)7-14-6-10/h2-8,17H,1H3. The molecule has 0 aliphatic carbocycles. The van der Waals surface area contributed by atoms with Gasteiger partial charge in [0.1, 0.15) is 11.4 Å². The van der Waals surface area contributed by atoms with E-state index in [0.29, 0.717) is 0 Å². The molecule has 0 radical (unpaired) electrons. The predicted octanol–water partition coefficient (Wildman–Crippen LogP) is 2.41. The zero-order chi connectivity index (χ0) is 11.8. The lowest BCUT2D eigenvalue weighted by Crippen LogP contribution is -1.90. The van der Waals surface area contributed by atoms with Gasteiger partial charge in [0.05, 0.1) is 17.6 Å². The monoisotopic (exact) mass is 225 g/mol. The Kier molecular flexibility index (Phi) is 2.08. The maximum absolute atomic E-state index is 9.46. The molecule has 17 heavy (non-hydrogen) atoms. The predicted molar refractivity (Wildman–Crippen MR) is 64.8 cm³/mol. The van der Waals surface area contributed by atoms with E-state index in [9.17, 15) is 5.11 Å². The quantitative estimate of drug-likeness (QED) is 0.691. The molecule has 0 aromatic carbocycles. The molecule has 84 valence electrons. The Labute approximate surface area is 98.2 Å². The molecule has 0 saturated carbocycles. The van der Waals surface area contributed by atoms with Crippen LogP contribution in [0.2, 0.25) is 0 Å². The van der Waals surface area contributed by atoms with E-state index < -0.39 is 0 Å². The molecule has 0 atom stereocenters. The van der Waals surface area contributed by atoms with Gasteiger partial charge in [0, 0.05) is 18.0 Å². The van der Waals surface area contributed by atoms with Gasteiger partial charge in [-0.25, -0.2) is 4.98 Å². The maximum atomic E-state index is 9.46. The first-order valence-electron chi connectivity index (χ1n) is 5.33. The lowest BCUT2D eigenvalue weighted by atomic mass is 10.2. The molecule has 0 spiro atoms. The normalized spacial score (nSPS) is 10.9. The van der Waals surface area contributed by atoms with Gasteiger partial charge < -0.3 is 5.11 Å². The van der Waals surface area contributed by atoms with Crippen LogP contribution in [0.15, 0.2) is 42.9 Å². The topological polar surface area (TPSA) is 50.4 Å². The Bertz CT molecular complexity index is 688. The average molecular weight is 225 g/mol. The highest BCUT2D eigenvalue weighted by atomic mass is 16.3. The molecule has 3 aromatic heterocycles. The van der Waals surface area contributed by atoms with E-state index in [-0.39, 0.29) is 5.75 Å². The van der Waals surface area contributed by atoms with E-state index in [0.717, 1.165) is 22.6 Å². The number of nitrogens with zero attached hydrogens (tertiary/aromatic N) is 3. The van der Waals surface area contributed by atoms with Crippen LogP contribution in [0.3, 0.4) is 0 Å². The van der Waals surface area contributed by atoms with E-state index in [1.165, 1.54) is 6.20 Å². The summed E-state index contributed by atoms with van der Waals surface area (Å²) in [5.74, 6) is 0.163. The third kappa shape index (κ3) is 1.63. The second-order valence-corrected chi connectivity index (χ2v) is 3.95. The zero-order valence-electron chi connectivity index (χ0n) is 9.33. The van der Waals surface area contributed by atoms with Gasteiger partial charge in [-0.1, -0.05) is 6.07 Å². The Balaban J connectivity index is 2.30. The number of pyridine rings is 2. The summed E-state index contributed by atoms with van der Waals surface area (Å²) in [6.45, 7) is 1.96. The second-order valence-electron chi connectivity index (χ2n) is 3.95. The van der Waals surface area contributed by atoms with Crippen LogP contribution in [0.5, 0.6) is 5.75 Å². The highest BCUT2D eigenvalue weighted by Gasteiger charge is 2.05. The Morgan fingerprint density at radius 3 is 2.94 bits per heavy atom. The summed E-state index contributed by atoms with van der Waals surface area (Å²) < 4.78 is 1.99. The summed E-state index contributed by atoms with van der Waals surface area (Å²) >= 11 is 0. The van der Waals surface area contributed by atoms with Crippen LogP contribution in [0.1, 0.15) is 5.69 Å². The van der Waals surface area contributed by atoms with E-state index in [4.69, 9.17) is 0 Å². The van der Waals surface area contributed by atoms with E-state index in [2.05, 4.69) is 9.97 Å². The van der Waals surface area contributed by atoms with Gasteiger partial charge in [-0.2, -0.15) is 0 Å². The zero-order valence-corrected chi connectivity index (χ0v) is 9.33. The summed E-state index contributed by atoms with van der Waals surface area (Å²) in [6, 6.07) is 7.57. The SMILES string of the molecule is Cc1cn2c(-c3cncc(O)c3)cccc2n1. The Morgan fingerprint density at radius 1 is 1.24 bits per heavy atom. The van der Waals surface area contributed by atoms with Gasteiger partial charge in [0.25, 0.3) is 0 Å². The summed E-state index contributed by atoms with van der Waals surface area (Å²) in [5.41, 5.74) is 3.69. The second kappa shape index (κ2) is 3.59. The molecule has 3 aromatic rings. The van der Waals surface area contributed by atoms with Crippen LogP contribution in [0.4, 0.5) is 0 Å². The number of aryl methyl sites for hydroxylation is 1. The summed E-state index contributed by atoms with van der Waals surface area (Å²) in [4.78, 5) is 8.39. The fourth-order valence-electron chi connectivity index (χ4n) is 1.94. The van der Waals surface area contributed by atoms with Crippen molar-refractivity contribution in [3.05, 3.63) is 48.5 Å². The smallest absolute Gasteiger partial charge is 0.137 e. The molecule has 0 aliphatic rings. The van der Waals surface area contributed by atoms with Crippen LogP contribution in [-0.2, 0) is 0 Å². The largest absolute Gasteiger partial charge is 0.506 e. The van der Waals surface area contributed by atoms with Gasteiger partial charge in [0.2, 0.25) is 0 Å². The molecule has 0 aliphatic heterocycles. The maximum Gasteiger partial charge on any atom is 0.137 e. The average Bonchev–Trinajstić information content (AvgIpc) is 2.68. The van der Waals surface area contributed by atoms with Gasteiger partial charge in [-0.3, -0.25) is 9.38 Å². The van der Waals surface area contributed by atoms with E-state index in [1.807, 2.05) is 35.7 Å². The summed E-state index contributed by atoms with van der Waals surface area (Å²) in [5, 5.41) is 9.46. The lowest BCUT2D eigenvalue weighted by molar-refractivity contribution is 0.473. The number of fused-ring (bicyclic) bond motifs is 1. The third-order valence-corrected chi connectivity index (χ3v) is 2.63. The lowest BCUT2D eigenvalue weighted by Gasteiger charge is -2.05. The highest BCUT2D eigenvalue weighted by Crippen LogP contribution is 2.23. The van der Waals surface area contributed by atoms with E-state index in [1.54, 1.807) is 12.3 Å². The number of imidazole rings is 1. The van der Waals surface area contributed by atoms with Crippen molar-refractivity contribution >= 4 is 5.65 Å². The van der Waals surface area contributed by atoms with Crippen LogP contribution >= 0.6 is 0 Å². The van der Waals surface area contributed by atoms with Crippen LogP contribution < -0.4 is 0 Å². The number of aromatic nitrogens is 3. The summed E-state index contributed by atoms with van der Waals surface area (Å²) in [6.07, 6.45) is 5.11. The molecule has 0 bridgehead atoms. The van der Waals surface area contributed by atoms with Gasteiger partial charge >= 0.3 is 0 Å². The number of hydrogen-bond donors (Lipinski definition) is 1. The fraction of sp³-hybridized carbons (Fsp3) is 0.0769. The van der Waals surface area contributed by atoms with Gasteiger partial charge in [-0.05, 0) is 25.1 Å². The van der Waals surface area contributed by atoms with Crippen molar-refractivity contribution in [3.8, 4) is 17.0 Å². The van der Waals surface area contributed by atoms with E-state index >= 15 is 0 Å². The molecule has 3 rings (SSSR count). The van der Waals surface area contributed by atoms with Crippen molar-refractivity contribution < 1.29 is 5.11 Å². The highest BCUT2D eigenvalue weighted by molar-refractivity contribution is 5.64. The van der Waals surface area contributed by atoms with Crippen molar-refractivity contribution in [3.63, 3.8) is 0 Å². The first-order valence-corrected chi connectivity index (χ1v) is 5.33. The van der Waals surface area contributed by atoms with Gasteiger partial charge in [0.15, 0.2) is 0 Å². The van der Waals surface area contributed by atoms with Crippen LogP contribution in [0.25, 0.3) is 16.9 Å². The number of hydrogen-bond acceptors (Lipinski definition) is 3. The summed E-state index contributed by atoms with van der Waals surface area (Å²) in [7, 11) is 0. The van der Waals surface area contributed by atoms with Gasteiger partial charge in [-0.15, -0.1) is 0 Å². The third-order valence-electron chi connectivity index (χ3n) is 2.63. The minimum Gasteiger partial charge on any atom is -0.506 e. The van der Waals surface area contributed by atoms with Crippen LogP contribution in [-0.4, -0.2) is 19.5 Å². The molecule has 4 heteroatoms. The van der Waals surface area contributed by atoms with Crippen molar-refractivity contribution in [1.29, 1.82) is 0 Å². The van der Waals surface area contributed by atoms with Crippen molar-refractivity contribution in [2.45, 2.75) is 6.92 Å². The Morgan fingerprint density at radius 2 is 2.12 bits per heavy atom. The molecule has 0 unspecified atom stereocenters. The van der Waals surface area contributed by atoms with Crippen molar-refractivity contribution in [1.82, 2.24) is 14.4 Å². The number of aromatic hydroxyl groups is 1. The fourth-order valence-corrected chi connectivity index (χ4v) is 1.94. The molecular formula is C13H11N3O. The first kappa shape index (κ1) is 9.84. The first-order chi connectivity index (χ1) is 8.24.